The Bertz CT molecular complexity index is 611. The molecule has 0 unspecified atom stereocenters. The number of benzene rings is 2. The molecule has 0 heterocycles. The van der Waals surface area contributed by atoms with Crippen LogP contribution in [0.3, 0.4) is 0 Å². The molecule has 0 N–H and O–H groups in total. The minimum atomic E-state index is 0.860. The molecule has 0 atom stereocenters. The molecular weight excluding hydrogens is 167 g/mol. The average Bonchev–Trinajstić information content (AvgIpc) is 2.59. The van der Waals surface area contributed by atoms with Crippen molar-refractivity contribution < 1.29 is 0 Å². The van der Waals surface area contributed by atoms with Crippen molar-refractivity contribution in [2.24, 2.45) is 0 Å². The third kappa shape index (κ3) is 0.926. The second kappa shape index (κ2) is 2.68. The zero-order chi connectivity index (χ0) is 9.54. The fourth-order valence-electron chi connectivity index (χ4n) is 2.00. The fourth-order valence-corrected chi connectivity index (χ4v) is 2.00. The monoisotopic (exact) mass is 175 g/mol. The third-order valence-electron chi connectivity index (χ3n) is 2.69. The SMILES string of the molecule is [B]=c1cccc2c1=Cc1ccccc1-2. The summed E-state index contributed by atoms with van der Waals surface area (Å²) in [6.45, 7) is 0. The summed E-state index contributed by atoms with van der Waals surface area (Å²) in [6.07, 6.45) is 2.15. The van der Waals surface area contributed by atoms with E-state index >= 15 is 0 Å². The quantitative estimate of drug-likeness (QED) is 0.458. The van der Waals surface area contributed by atoms with E-state index in [9.17, 15) is 0 Å². The number of hydrogen-bond acceptors (Lipinski definition) is 0. The predicted molar refractivity (Wildman–Crippen MR) is 59.7 cm³/mol. The van der Waals surface area contributed by atoms with Gasteiger partial charge >= 0.3 is 83.0 Å². The molecule has 2 aromatic carbocycles. The van der Waals surface area contributed by atoms with E-state index in [1.165, 1.54) is 16.7 Å². The van der Waals surface area contributed by atoms with Gasteiger partial charge < -0.3 is 0 Å². The first-order valence-electron chi connectivity index (χ1n) is 4.69. The van der Waals surface area contributed by atoms with Crippen molar-refractivity contribution in [2.45, 2.75) is 0 Å². The van der Waals surface area contributed by atoms with Crippen molar-refractivity contribution in [1.82, 2.24) is 0 Å². The van der Waals surface area contributed by atoms with Crippen molar-refractivity contribution in [3.8, 4) is 11.1 Å². The van der Waals surface area contributed by atoms with Gasteiger partial charge in [0.15, 0.2) is 0 Å². The molecule has 0 nitrogen and oxygen atoms in total. The van der Waals surface area contributed by atoms with Gasteiger partial charge in [0.05, 0.1) is 0 Å². The second-order valence-electron chi connectivity index (χ2n) is 3.54. The van der Waals surface area contributed by atoms with Crippen LogP contribution in [0.2, 0.25) is 0 Å². The Morgan fingerprint density at radius 1 is 0.786 bits per heavy atom. The molecule has 0 saturated carbocycles. The van der Waals surface area contributed by atoms with Crippen molar-refractivity contribution in [2.75, 3.05) is 0 Å². The first kappa shape index (κ1) is 7.75. The Morgan fingerprint density at radius 2 is 1.57 bits per heavy atom. The summed E-state index contributed by atoms with van der Waals surface area (Å²) in [7, 11) is 5.92. The van der Waals surface area contributed by atoms with Crippen LogP contribution in [0.4, 0.5) is 0 Å². The standard InChI is InChI=1S/C13H8B/c14-13-7-3-6-11-10-5-2-1-4-9(10)8-12(11)13/h1-8H. The normalized spacial score (nSPS) is 11.6. The van der Waals surface area contributed by atoms with E-state index in [4.69, 9.17) is 7.49 Å². The summed E-state index contributed by atoms with van der Waals surface area (Å²) in [6, 6.07) is 14.4. The number of fused-ring (bicyclic) bond motifs is 3. The molecule has 0 amide bonds. The molecule has 2 aromatic rings. The number of hydrogen-bond donors (Lipinski definition) is 0. The van der Waals surface area contributed by atoms with Crippen LogP contribution >= 0.6 is 0 Å². The van der Waals surface area contributed by atoms with Crippen molar-refractivity contribution >= 4 is 13.6 Å². The molecule has 0 spiro atoms. The Balaban J connectivity index is 2.51. The average molecular weight is 175 g/mol. The predicted octanol–water partition coefficient (Wildman–Crippen LogP) is 1.92. The molecule has 0 aromatic heterocycles. The maximum absolute atomic E-state index is 5.92. The Morgan fingerprint density at radius 3 is 2.50 bits per heavy atom. The molecule has 0 saturated heterocycles. The van der Waals surface area contributed by atoms with Gasteiger partial charge in [0.25, 0.3) is 0 Å². The van der Waals surface area contributed by atoms with Gasteiger partial charge in [0.2, 0.25) is 0 Å². The molecular formula is C13H8B. The summed E-state index contributed by atoms with van der Waals surface area (Å²) in [5.41, 5.74) is 3.80. The third-order valence-corrected chi connectivity index (χ3v) is 2.69. The minimum absolute atomic E-state index is 0.860. The molecule has 3 rings (SSSR count). The van der Waals surface area contributed by atoms with Gasteiger partial charge in [-0.1, -0.05) is 0 Å². The van der Waals surface area contributed by atoms with Crippen LogP contribution < -0.4 is 5.22 Å². The topological polar surface area (TPSA) is 0 Å². The molecule has 14 heavy (non-hydrogen) atoms. The summed E-state index contributed by atoms with van der Waals surface area (Å²) in [5, 5.41) is 2.02. The zero-order valence-electron chi connectivity index (χ0n) is 7.70. The Labute approximate surface area is 83.6 Å². The molecule has 0 aliphatic heterocycles. The van der Waals surface area contributed by atoms with Crippen molar-refractivity contribution in [3.63, 3.8) is 0 Å². The van der Waals surface area contributed by atoms with E-state index in [1.807, 2.05) is 12.1 Å². The van der Waals surface area contributed by atoms with E-state index in [0.29, 0.717) is 0 Å². The summed E-state index contributed by atoms with van der Waals surface area (Å²) in [5.74, 6) is 0. The molecule has 1 heteroatoms. The van der Waals surface area contributed by atoms with E-state index in [-0.39, 0.29) is 0 Å². The molecule has 63 valence electrons. The summed E-state index contributed by atoms with van der Waals surface area (Å²) < 4.78 is 0. The van der Waals surface area contributed by atoms with Gasteiger partial charge in [-0.3, -0.25) is 0 Å². The molecule has 1 aliphatic rings. The van der Waals surface area contributed by atoms with Crippen LogP contribution in [0, 0.1) is 5.11 Å². The Kier molecular flexibility index (Phi) is 1.48. The van der Waals surface area contributed by atoms with Crippen LogP contribution in [0.1, 0.15) is 5.56 Å². The maximum atomic E-state index is 5.92. The van der Waals surface area contributed by atoms with Gasteiger partial charge in [0, 0.05) is 0 Å². The first-order valence-corrected chi connectivity index (χ1v) is 4.69. The van der Waals surface area contributed by atoms with E-state index in [1.54, 1.807) is 0 Å². The number of rotatable bonds is 0. The van der Waals surface area contributed by atoms with Crippen molar-refractivity contribution in [3.05, 3.63) is 58.4 Å². The van der Waals surface area contributed by atoms with Crippen LogP contribution in [0.5, 0.6) is 0 Å². The van der Waals surface area contributed by atoms with Crippen LogP contribution in [-0.2, 0) is 0 Å². The summed E-state index contributed by atoms with van der Waals surface area (Å²) >= 11 is 0. The van der Waals surface area contributed by atoms with Gasteiger partial charge in [0.1, 0.15) is 0 Å². The van der Waals surface area contributed by atoms with Gasteiger partial charge in [-0.05, 0) is 0 Å². The molecule has 0 fully saturated rings. The Hall–Kier alpha value is -1.63. The van der Waals surface area contributed by atoms with Crippen LogP contribution in [0.25, 0.3) is 17.2 Å². The van der Waals surface area contributed by atoms with Crippen molar-refractivity contribution in [1.29, 1.82) is 0 Å². The van der Waals surface area contributed by atoms with Gasteiger partial charge in [-0.15, -0.1) is 0 Å². The van der Waals surface area contributed by atoms with E-state index in [0.717, 1.165) is 10.3 Å². The van der Waals surface area contributed by atoms with Crippen LogP contribution in [0.15, 0.2) is 42.5 Å². The molecule has 0 bridgehead atoms. The van der Waals surface area contributed by atoms with E-state index < -0.39 is 0 Å². The zero-order valence-corrected chi connectivity index (χ0v) is 7.70. The fraction of sp³-hybridized carbons (Fsp3) is 0. The first-order chi connectivity index (χ1) is 6.86. The van der Waals surface area contributed by atoms with Crippen LogP contribution in [-0.4, -0.2) is 7.49 Å². The van der Waals surface area contributed by atoms with Gasteiger partial charge in [-0.2, -0.15) is 0 Å². The summed E-state index contributed by atoms with van der Waals surface area (Å²) in [4.78, 5) is 0. The van der Waals surface area contributed by atoms with Gasteiger partial charge in [-0.25, -0.2) is 0 Å². The second-order valence-corrected chi connectivity index (χ2v) is 3.54. The molecule has 1 radical (unpaired) electrons. The van der Waals surface area contributed by atoms with E-state index in [2.05, 4.69) is 36.4 Å². The molecule has 1 aliphatic carbocycles.